The number of hydrogen-bond donors (Lipinski definition) is 2. The van der Waals surface area contributed by atoms with Gasteiger partial charge in [0.1, 0.15) is 10.8 Å². The fraction of sp³-hybridized carbons (Fsp3) is 0.433. The van der Waals surface area contributed by atoms with Crippen molar-refractivity contribution < 1.29 is 27.5 Å². The number of Topliss-reactive ketones (excluding diaryl/α,β-unsaturated/α-hetero) is 1. The average molecular weight is 724 g/mol. The Morgan fingerprint density at radius 1 is 1.07 bits per heavy atom. The van der Waals surface area contributed by atoms with Crippen molar-refractivity contribution in [2.75, 3.05) is 11.8 Å². The van der Waals surface area contributed by atoms with Crippen LogP contribution in [0.15, 0.2) is 46.7 Å². The first-order valence-electron chi connectivity index (χ1n) is 14.0. The lowest BCUT2D eigenvalue weighted by atomic mass is 9.74. The quantitative estimate of drug-likeness (QED) is 0.133. The molecule has 1 amide bonds. The smallest absolute Gasteiger partial charge is 0.280 e. The Kier molecular flexibility index (Phi) is 9.73. The van der Waals surface area contributed by atoms with E-state index in [1.54, 1.807) is 42.7 Å². The van der Waals surface area contributed by atoms with Gasteiger partial charge in [0.05, 0.1) is 25.5 Å². The van der Waals surface area contributed by atoms with Crippen LogP contribution >= 0.6 is 33.9 Å². The summed E-state index contributed by atoms with van der Waals surface area (Å²) in [6.07, 6.45) is 6.25. The summed E-state index contributed by atoms with van der Waals surface area (Å²) in [7, 11) is -2.26. The third-order valence-electron chi connectivity index (χ3n) is 7.80. The molecule has 0 bridgehead atoms. The first-order valence-corrected chi connectivity index (χ1v) is 17.4. The Morgan fingerprint density at radius 3 is 2.48 bits per heavy atom. The number of aromatic nitrogens is 1. The van der Waals surface area contributed by atoms with Crippen LogP contribution in [0.5, 0.6) is 11.5 Å². The van der Waals surface area contributed by atoms with E-state index >= 15 is 0 Å². The predicted molar refractivity (Wildman–Crippen MR) is 171 cm³/mol. The van der Waals surface area contributed by atoms with Gasteiger partial charge in [0, 0.05) is 41.1 Å². The zero-order chi connectivity index (χ0) is 29.9. The number of halogens is 1. The molecule has 1 aromatic heterocycles. The number of aryl methyl sites for hydroxylation is 1. The van der Waals surface area contributed by atoms with Crippen LogP contribution < -0.4 is 19.5 Å². The molecule has 0 aliphatic heterocycles. The molecule has 42 heavy (non-hydrogen) atoms. The van der Waals surface area contributed by atoms with Crippen molar-refractivity contribution in [3.63, 3.8) is 0 Å². The van der Waals surface area contributed by atoms with Gasteiger partial charge in [0.25, 0.3) is 13.9 Å². The monoisotopic (exact) mass is 723 g/mol. The summed E-state index contributed by atoms with van der Waals surface area (Å²) < 4.78 is 40.9. The molecular weight excluding hydrogens is 689 g/mol. The number of nitrogens with one attached hydrogen (secondary N) is 2. The predicted octanol–water partition coefficient (Wildman–Crippen LogP) is 6.85. The number of ether oxygens (including phenoxy) is 2. The van der Waals surface area contributed by atoms with Crippen LogP contribution in [0.3, 0.4) is 0 Å². The topological polar surface area (TPSA) is 124 Å². The maximum Gasteiger partial charge on any atom is 0.280 e. The van der Waals surface area contributed by atoms with Crippen LogP contribution in [-0.4, -0.2) is 36.3 Å². The second kappa shape index (κ2) is 13.3. The van der Waals surface area contributed by atoms with Gasteiger partial charge in [-0.25, -0.2) is 13.4 Å². The van der Waals surface area contributed by atoms with Gasteiger partial charge in [-0.05, 0) is 86.3 Å². The molecule has 3 aromatic rings. The Hall–Kier alpha value is -2.71. The summed E-state index contributed by atoms with van der Waals surface area (Å²) in [5.74, 6) is 1.58. The van der Waals surface area contributed by atoms with Crippen molar-refractivity contribution in [3.05, 3.63) is 64.3 Å². The van der Waals surface area contributed by atoms with E-state index < -0.39 is 10.0 Å². The summed E-state index contributed by atoms with van der Waals surface area (Å²) >= 11 is 2.65. The lowest BCUT2D eigenvalue weighted by Gasteiger charge is -2.30. The van der Waals surface area contributed by atoms with Crippen molar-refractivity contribution in [3.8, 4) is 11.5 Å². The Bertz CT molecular complexity index is 1570. The summed E-state index contributed by atoms with van der Waals surface area (Å²) in [6.45, 7) is 1.80. The number of carbonyl (C=O) groups is 2. The number of benzene rings is 2. The van der Waals surface area contributed by atoms with Crippen molar-refractivity contribution in [2.45, 2.75) is 80.6 Å². The second-order valence-electron chi connectivity index (χ2n) is 10.8. The number of carbonyl (C=O) groups excluding carboxylic acids is 2. The number of hydrogen-bond acceptors (Lipinski definition) is 8. The molecule has 2 fully saturated rings. The van der Waals surface area contributed by atoms with E-state index in [9.17, 15) is 18.0 Å². The van der Waals surface area contributed by atoms with E-state index in [4.69, 9.17) is 9.47 Å². The first-order chi connectivity index (χ1) is 20.1. The highest BCUT2D eigenvalue weighted by atomic mass is 127. The molecule has 9 nitrogen and oxygen atoms in total. The average Bonchev–Trinajstić information content (AvgIpc) is 3.61. The van der Waals surface area contributed by atoms with Gasteiger partial charge in [-0.2, -0.15) is 0 Å². The summed E-state index contributed by atoms with van der Waals surface area (Å²) in [4.78, 5) is 28.5. The molecule has 2 aliphatic rings. The normalized spacial score (nSPS) is 19.5. The SMILES string of the molecule is COc1ccc(C2CC(=O)CC(c3cccc(NS(=O)(=O)c4sc(CNC(=O)I)nc4C)c3)C2)cc1OC1CCCC1. The van der Waals surface area contributed by atoms with Crippen molar-refractivity contribution in [1.82, 2.24) is 10.3 Å². The molecule has 2 N–H and O–H groups in total. The molecule has 224 valence electrons. The molecule has 0 spiro atoms. The van der Waals surface area contributed by atoms with Crippen molar-refractivity contribution in [1.29, 1.82) is 0 Å². The first kappa shape index (κ1) is 30.7. The molecule has 2 saturated carbocycles. The summed E-state index contributed by atoms with van der Waals surface area (Å²) in [5, 5.41) is 3.14. The number of methoxy groups -OCH3 is 1. The molecule has 5 rings (SSSR count). The highest BCUT2D eigenvalue weighted by Gasteiger charge is 2.31. The minimum Gasteiger partial charge on any atom is -0.493 e. The minimum absolute atomic E-state index is 0.0229. The van der Waals surface area contributed by atoms with Gasteiger partial charge < -0.3 is 14.8 Å². The zero-order valence-corrected chi connectivity index (χ0v) is 27.3. The zero-order valence-electron chi connectivity index (χ0n) is 23.5. The summed E-state index contributed by atoms with van der Waals surface area (Å²) in [6, 6.07) is 13.2. The number of anilines is 1. The standard InChI is InChI=1S/C30H34IN3O6S2/c1-18-29(41-28(33-18)17-32-30(31)36)42(37,38)34-23-7-5-6-19(13-23)21-12-22(15-24(35)14-21)20-10-11-26(39-2)27(16-20)40-25-8-3-4-9-25/h5-7,10-11,13,16,21-22,25,34H,3-4,8-9,12,14-15,17H2,1-2H3,(H,32,36). The van der Waals surface area contributed by atoms with E-state index in [-0.39, 0.29) is 38.4 Å². The molecule has 2 aliphatic carbocycles. The van der Waals surface area contributed by atoms with E-state index in [0.29, 0.717) is 35.0 Å². The number of sulfonamides is 1. The van der Waals surface area contributed by atoms with Gasteiger partial charge in [-0.15, -0.1) is 11.3 Å². The van der Waals surface area contributed by atoms with Gasteiger partial charge in [0.2, 0.25) is 0 Å². The van der Waals surface area contributed by atoms with Crippen LogP contribution in [0.2, 0.25) is 0 Å². The fourth-order valence-electron chi connectivity index (χ4n) is 5.84. The number of amides is 1. The molecule has 2 atom stereocenters. The van der Waals surface area contributed by atoms with Gasteiger partial charge in [-0.3, -0.25) is 14.3 Å². The van der Waals surface area contributed by atoms with Gasteiger partial charge >= 0.3 is 0 Å². The number of ketones is 1. The van der Waals surface area contributed by atoms with E-state index in [2.05, 4.69) is 15.0 Å². The van der Waals surface area contributed by atoms with Crippen molar-refractivity contribution in [2.24, 2.45) is 0 Å². The second-order valence-corrected chi connectivity index (χ2v) is 14.8. The molecule has 1 heterocycles. The van der Waals surface area contributed by atoms with Crippen molar-refractivity contribution >= 4 is 59.3 Å². The number of rotatable bonds is 10. The van der Waals surface area contributed by atoms with Gasteiger partial charge in [0.15, 0.2) is 15.7 Å². The Balaban J connectivity index is 1.32. The maximum atomic E-state index is 13.3. The van der Waals surface area contributed by atoms with E-state index in [1.807, 2.05) is 36.4 Å². The third kappa shape index (κ3) is 7.43. The van der Waals surface area contributed by atoms with E-state index in [1.165, 1.54) is 12.8 Å². The third-order valence-corrected chi connectivity index (χ3v) is 11.3. The molecule has 2 unspecified atom stereocenters. The largest absolute Gasteiger partial charge is 0.493 e. The lowest BCUT2D eigenvalue weighted by molar-refractivity contribution is -0.121. The number of thiazole rings is 1. The highest BCUT2D eigenvalue weighted by Crippen LogP contribution is 2.43. The van der Waals surface area contributed by atoms with Crippen LogP contribution in [0.25, 0.3) is 0 Å². The minimum atomic E-state index is -3.90. The fourth-order valence-corrected chi connectivity index (χ4v) is 8.58. The molecular formula is C30H34IN3O6S2. The summed E-state index contributed by atoms with van der Waals surface area (Å²) in [5.41, 5.74) is 2.76. The molecule has 0 saturated heterocycles. The highest BCUT2D eigenvalue weighted by molar-refractivity contribution is 14.1. The Morgan fingerprint density at radius 2 is 1.79 bits per heavy atom. The van der Waals surface area contributed by atoms with Crippen LogP contribution in [0.1, 0.15) is 78.6 Å². The van der Waals surface area contributed by atoms with Crippen LogP contribution in [-0.2, 0) is 21.4 Å². The maximum absolute atomic E-state index is 13.3. The number of nitrogens with zero attached hydrogens (tertiary/aromatic N) is 1. The molecule has 12 heteroatoms. The van der Waals surface area contributed by atoms with Crippen LogP contribution in [0, 0.1) is 6.92 Å². The molecule has 2 aromatic carbocycles. The van der Waals surface area contributed by atoms with E-state index in [0.717, 1.165) is 47.5 Å². The van der Waals surface area contributed by atoms with Crippen LogP contribution in [0.4, 0.5) is 10.5 Å². The van der Waals surface area contributed by atoms with Gasteiger partial charge in [-0.1, -0.05) is 18.2 Å². The lowest BCUT2D eigenvalue weighted by Crippen LogP contribution is -2.21. The Labute approximate surface area is 264 Å². The molecule has 0 radical (unpaired) electrons.